The fourth-order valence-electron chi connectivity index (χ4n) is 0.957. The van der Waals surface area contributed by atoms with Crippen LogP contribution in [0.5, 0.6) is 0 Å². The highest BCUT2D eigenvalue weighted by Crippen LogP contribution is 2.18. The Bertz CT molecular complexity index is 393. The summed E-state index contributed by atoms with van der Waals surface area (Å²) in [6.07, 6.45) is 0. The lowest BCUT2D eigenvalue weighted by atomic mass is 10.7. The smallest absolute Gasteiger partial charge is 0.272 e. The van der Waals surface area contributed by atoms with Crippen molar-refractivity contribution in [1.29, 1.82) is 0 Å². The van der Waals surface area contributed by atoms with Crippen LogP contribution in [0.4, 0.5) is 0 Å². The van der Waals surface area contributed by atoms with Crippen molar-refractivity contribution in [2.24, 2.45) is 0 Å². The molecule has 0 bridgehead atoms. The van der Waals surface area contributed by atoms with E-state index >= 15 is 0 Å². The molecule has 11 heavy (non-hydrogen) atoms. The first-order chi connectivity index (χ1) is 5.27. The Labute approximate surface area is 65.5 Å². The summed E-state index contributed by atoms with van der Waals surface area (Å²) in [4.78, 5) is 27.4. The van der Waals surface area contributed by atoms with E-state index in [0.29, 0.717) is 11.7 Å². The number of aromatic nitrogens is 3. The van der Waals surface area contributed by atoms with Crippen LogP contribution < -0.4 is 11.4 Å². The van der Waals surface area contributed by atoms with Crippen molar-refractivity contribution in [3.8, 4) is 0 Å². The van der Waals surface area contributed by atoms with Gasteiger partial charge >= 0.3 is 11.4 Å². The number of thioether (sulfide) groups is 1. The third-order valence-corrected chi connectivity index (χ3v) is 2.39. The molecule has 0 unspecified atom stereocenters. The molecule has 1 aliphatic rings. The van der Waals surface area contributed by atoms with E-state index in [-0.39, 0.29) is 5.69 Å². The van der Waals surface area contributed by atoms with Crippen molar-refractivity contribution >= 4 is 11.8 Å². The third-order valence-electron chi connectivity index (χ3n) is 1.43. The molecule has 0 aliphatic carbocycles. The van der Waals surface area contributed by atoms with Gasteiger partial charge in [0.05, 0.1) is 0 Å². The highest BCUT2D eigenvalue weighted by Gasteiger charge is 2.13. The first kappa shape index (κ1) is 6.66. The second-order valence-electron chi connectivity index (χ2n) is 2.13. The first-order valence-corrected chi connectivity index (χ1v) is 4.10. The molecule has 6 heteroatoms. The summed E-state index contributed by atoms with van der Waals surface area (Å²) in [5.74, 6) is 0.819. The molecule has 58 valence electrons. The van der Waals surface area contributed by atoms with Crippen molar-refractivity contribution < 1.29 is 0 Å². The molecule has 1 aromatic rings. The number of H-pyrrole nitrogens is 1. The summed E-state index contributed by atoms with van der Waals surface area (Å²) in [5, 5.41) is 0.527. The van der Waals surface area contributed by atoms with Crippen LogP contribution >= 0.6 is 11.8 Å². The highest BCUT2D eigenvalue weighted by molar-refractivity contribution is 7.99. The molecule has 0 saturated heterocycles. The lowest BCUT2D eigenvalue weighted by Gasteiger charge is -1.95. The molecule has 0 amide bonds. The van der Waals surface area contributed by atoms with Gasteiger partial charge in [-0.05, 0) is 0 Å². The van der Waals surface area contributed by atoms with Crippen LogP contribution in [0.15, 0.2) is 14.7 Å². The van der Waals surface area contributed by atoms with Gasteiger partial charge in [0, 0.05) is 12.3 Å². The summed E-state index contributed by atoms with van der Waals surface area (Å²) in [5.41, 5.74) is -0.916. The van der Waals surface area contributed by atoms with Crippen molar-refractivity contribution in [2.75, 3.05) is 5.75 Å². The van der Waals surface area contributed by atoms with Gasteiger partial charge in [0.1, 0.15) is 0 Å². The molecule has 0 radical (unpaired) electrons. The predicted molar refractivity (Wildman–Crippen MR) is 39.8 cm³/mol. The first-order valence-electron chi connectivity index (χ1n) is 3.11. The molecule has 0 aromatic carbocycles. The molecule has 0 spiro atoms. The summed E-state index contributed by atoms with van der Waals surface area (Å²) in [6.45, 7) is 0.641. The standard InChI is InChI=1S/C5H5N3O2S/c9-3-6-4(10)8-1-2-11-5(8)7-3/h1-2H2,(H,6,9,10). The van der Waals surface area contributed by atoms with E-state index in [0.717, 1.165) is 5.75 Å². The second kappa shape index (κ2) is 2.23. The second-order valence-corrected chi connectivity index (χ2v) is 3.19. The lowest BCUT2D eigenvalue weighted by molar-refractivity contribution is 0.612. The molecular formula is C5H5N3O2S. The zero-order valence-corrected chi connectivity index (χ0v) is 6.35. The van der Waals surface area contributed by atoms with Gasteiger partial charge in [-0.15, -0.1) is 0 Å². The Morgan fingerprint density at radius 1 is 1.55 bits per heavy atom. The SMILES string of the molecule is O=c1nc2n(c(=O)[nH]1)CCS2. The molecule has 0 saturated carbocycles. The highest BCUT2D eigenvalue weighted by atomic mass is 32.2. The minimum atomic E-state index is -0.560. The van der Waals surface area contributed by atoms with Crippen LogP contribution in [0.3, 0.4) is 0 Å². The van der Waals surface area contributed by atoms with Crippen LogP contribution in [-0.4, -0.2) is 20.3 Å². The Kier molecular flexibility index (Phi) is 1.35. The maximum absolute atomic E-state index is 11.0. The Balaban J connectivity index is 2.80. The fourth-order valence-corrected chi connectivity index (χ4v) is 1.89. The maximum Gasteiger partial charge on any atom is 0.351 e. The van der Waals surface area contributed by atoms with Crippen LogP contribution in [0, 0.1) is 0 Å². The van der Waals surface area contributed by atoms with Gasteiger partial charge in [-0.1, -0.05) is 11.8 Å². The van der Waals surface area contributed by atoms with Gasteiger partial charge in [-0.25, -0.2) is 9.59 Å². The van der Waals surface area contributed by atoms with Crippen LogP contribution in [0.1, 0.15) is 0 Å². The van der Waals surface area contributed by atoms with Crippen LogP contribution in [-0.2, 0) is 6.54 Å². The van der Waals surface area contributed by atoms with Gasteiger partial charge < -0.3 is 0 Å². The van der Waals surface area contributed by atoms with Crippen LogP contribution in [0.2, 0.25) is 0 Å². The molecule has 2 heterocycles. The Hall–Kier alpha value is -1.04. The lowest BCUT2D eigenvalue weighted by Crippen LogP contribution is -2.31. The molecule has 1 aromatic heterocycles. The normalized spacial score (nSPS) is 14.9. The van der Waals surface area contributed by atoms with Crippen molar-refractivity contribution in [3.63, 3.8) is 0 Å². The largest absolute Gasteiger partial charge is 0.351 e. The average molecular weight is 171 g/mol. The minimum Gasteiger partial charge on any atom is -0.272 e. The van der Waals surface area contributed by atoms with Gasteiger partial charge in [0.15, 0.2) is 5.16 Å². The number of fused-ring (bicyclic) bond motifs is 1. The minimum absolute atomic E-state index is 0.356. The van der Waals surface area contributed by atoms with Crippen molar-refractivity contribution in [2.45, 2.75) is 11.7 Å². The van der Waals surface area contributed by atoms with Gasteiger partial charge in [-0.3, -0.25) is 9.55 Å². The molecule has 0 atom stereocenters. The molecule has 0 fully saturated rings. The van der Waals surface area contributed by atoms with Crippen molar-refractivity contribution in [1.82, 2.24) is 14.5 Å². The maximum atomic E-state index is 11.0. The number of hydrogen-bond donors (Lipinski definition) is 1. The Morgan fingerprint density at radius 3 is 3.18 bits per heavy atom. The summed E-state index contributed by atoms with van der Waals surface area (Å²) in [7, 11) is 0. The predicted octanol–water partition coefficient (Wildman–Crippen LogP) is -0.963. The van der Waals surface area contributed by atoms with Gasteiger partial charge in [0.25, 0.3) is 0 Å². The molecule has 1 N–H and O–H groups in total. The number of aromatic amines is 1. The van der Waals surface area contributed by atoms with E-state index in [4.69, 9.17) is 0 Å². The fraction of sp³-hybridized carbons (Fsp3) is 0.400. The van der Waals surface area contributed by atoms with E-state index < -0.39 is 5.69 Å². The van der Waals surface area contributed by atoms with Gasteiger partial charge in [0.2, 0.25) is 0 Å². The molecule has 2 rings (SSSR count). The summed E-state index contributed by atoms with van der Waals surface area (Å²) >= 11 is 1.43. The monoisotopic (exact) mass is 171 g/mol. The zero-order chi connectivity index (χ0) is 7.84. The topological polar surface area (TPSA) is 67.8 Å². The average Bonchev–Trinajstić information content (AvgIpc) is 2.34. The van der Waals surface area contributed by atoms with Crippen LogP contribution in [0.25, 0.3) is 0 Å². The third kappa shape index (κ3) is 0.988. The number of hydrogen-bond acceptors (Lipinski definition) is 4. The van der Waals surface area contributed by atoms with E-state index in [9.17, 15) is 9.59 Å². The number of rotatable bonds is 0. The molecule has 1 aliphatic heterocycles. The van der Waals surface area contributed by atoms with Gasteiger partial charge in [-0.2, -0.15) is 4.98 Å². The van der Waals surface area contributed by atoms with E-state index in [1.807, 2.05) is 0 Å². The number of nitrogens with zero attached hydrogens (tertiary/aromatic N) is 2. The van der Waals surface area contributed by atoms with E-state index in [2.05, 4.69) is 9.97 Å². The zero-order valence-electron chi connectivity index (χ0n) is 5.53. The quantitative estimate of drug-likeness (QED) is 0.545. The number of nitrogens with one attached hydrogen (secondary N) is 1. The molecular weight excluding hydrogens is 166 g/mol. The Morgan fingerprint density at radius 2 is 2.36 bits per heavy atom. The summed E-state index contributed by atoms with van der Waals surface area (Å²) in [6, 6.07) is 0. The van der Waals surface area contributed by atoms with Crippen molar-refractivity contribution in [3.05, 3.63) is 21.0 Å². The van der Waals surface area contributed by atoms with E-state index in [1.165, 1.54) is 16.3 Å². The summed E-state index contributed by atoms with van der Waals surface area (Å²) < 4.78 is 1.46. The molecule has 5 nitrogen and oxygen atoms in total. The van der Waals surface area contributed by atoms with E-state index in [1.54, 1.807) is 0 Å².